The van der Waals surface area contributed by atoms with Crippen molar-refractivity contribution in [2.75, 3.05) is 0 Å². The molecule has 6 heteroatoms. The van der Waals surface area contributed by atoms with E-state index in [1.807, 2.05) is 72.8 Å². The molecule has 1 radical (unpaired) electrons. The molecule has 0 atom stereocenters. The van der Waals surface area contributed by atoms with Gasteiger partial charge in [-0.1, -0.05) is 78.9 Å². The van der Waals surface area contributed by atoms with Gasteiger partial charge in [0.2, 0.25) is 5.95 Å². The summed E-state index contributed by atoms with van der Waals surface area (Å²) in [5.41, 5.74) is 5.70. The summed E-state index contributed by atoms with van der Waals surface area (Å²) in [5, 5.41) is 11.1. The third kappa shape index (κ3) is 3.50. The first-order chi connectivity index (χ1) is 16.8. The molecular formula is C28H19BN3O2. The van der Waals surface area contributed by atoms with Crippen molar-refractivity contribution in [2.24, 2.45) is 0 Å². The quantitative estimate of drug-likeness (QED) is 0.344. The van der Waals surface area contributed by atoms with Crippen LogP contribution in [0.2, 0.25) is 0 Å². The van der Waals surface area contributed by atoms with E-state index < -0.39 is 0 Å². The zero-order valence-corrected chi connectivity index (χ0v) is 18.2. The summed E-state index contributed by atoms with van der Waals surface area (Å²) < 4.78 is 7.30. The van der Waals surface area contributed by atoms with Crippen LogP contribution >= 0.6 is 0 Å². The van der Waals surface area contributed by atoms with Gasteiger partial charge in [-0.3, -0.25) is 4.57 Å². The lowest BCUT2D eigenvalue weighted by Gasteiger charge is -2.12. The van der Waals surface area contributed by atoms with Gasteiger partial charge < -0.3 is 9.68 Å². The summed E-state index contributed by atoms with van der Waals surface area (Å²) in [6, 6.07) is 36.2. The lowest BCUT2D eigenvalue weighted by molar-refractivity contribution is 0.454. The first-order valence-corrected chi connectivity index (χ1v) is 11.0. The van der Waals surface area contributed by atoms with Crippen LogP contribution in [0.3, 0.4) is 0 Å². The Morgan fingerprint density at radius 3 is 1.85 bits per heavy atom. The number of rotatable bonds is 5. The molecule has 5 nitrogen and oxygen atoms in total. The third-order valence-corrected chi connectivity index (χ3v) is 5.89. The number of hydrogen-bond acceptors (Lipinski definition) is 4. The molecule has 0 amide bonds. The minimum atomic E-state index is 0.557. The van der Waals surface area contributed by atoms with Crippen LogP contribution in [0, 0.1) is 0 Å². The molecule has 0 fully saturated rings. The Bertz CT molecular complexity index is 1560. The van der Waals surface area contributed by atoms with Gasteiger partial charge >= 0.3 is 7.69 Å². The van der Waals surface area contributed by atoms with Crippen LogP contribution in [0.5, 0.6) is 5.75 Å². The fourth-order valence-electron chi connectivity index (χ4n) is 4.35. The monoisotopic (exact) mass is 440 g/mol. The summed E-state index contributed by atoms with van der Waals surface area (Å²) in [4.78, 5) is 10.0. The van der Waals surface area contributed by atoms with Crippen molar-refractivity contribution in [1.29, 1.82) is 0 Å². The SMILES string of the molecule is O[B]Oc1ccc2c(c1)c1ccccc1n2-c1nc(-c2ccccc2)cc(-c2ccccc2)n1. The van der Waals surface area contributed by atoms with Crippen molar-refractivity contribution in [3.63, 3.8) is 0 Å². The maximum atomic E-state index is 9.09. The lowest BCUT2D eigenvalue weighted by Crippen LogP contribution is -2.04. The highest BCUT2D eigenvalue weighted by Gasteiger charge is 2.17. The second kappa shape index (κ2) is 8.50. The molecule has 0 aliphatic carbocycles. The number of hydrogen-bond donors (Lipinski definition) is 1. The van der Waals surface area contributed by atoms with E-state index in [2.05, 4.69) is 41.0 Å². The molecule has 1 N–H and O–H groups in total. The highest BCUT2D eigenvalue weighted by atomic mass is 16.5. The average molecular weight is 440 g/mol. The molecule has 0 saturated carbocycles. The van der Waals surface area contributed by atoms with Crippen LogP contribution in [0.4, 0.5) is 0 Å². The Hall–Kier alpha value is -4.42. The number of para-hydroxylation sites is 1. The second-order valence-corrected chi connectivity index (χ2v) is 7.93. The van der Waals surface area contributed by atoms with Crippen LogP contribution in [0.15, 0.2) is 109 Å². The van der Waals surface area contributed by atoms with Crippen molar-refractivity contribution >= 4 is 29.5 Å². The summed E-state index contributed by atoms with van der Waals surface area (Å²) in [6.45, 7) is 0. The van der Waals surface area contributed by atoms with Gasteiger partial charge in [0, 0.05) is 21.9 Å². The normalized spacial score (nSPS) is 11.1. The molecule has 0 bridgehead atoms. The van der Waals surface area contributed by atoms with Crippen molar-refractivity contribution in [2.45, 2.75) is 0 Å². The van der Waals surface area contributed by atoms with E-state index in [1.165, 1.54) is 0 Å². The Morgan fingerprint density at radius 2 is 1.21 bits per heavy atom. The average Bonchev–Trinajstić information content (AvgIpc) is 3.23. The van der Waals surface area contributed by atoms with E-state index >= 15 is 0 Å². The molecule has 0 aliphatic heterocycles. The topological polar surface area (TPSA) is 60.2 Å². The zero-order valence-electron chi connectivity index (χ0n) is 18.2. The molecule has 6 aromatic rings. The van der Waals surface area contributed by atoms with E-state index in [0.717, 1.165) is 44.3 Å². The number of aromatic nitrogens is 3. The van der Waals surface area contributed by atoms with Crippen LogP contribution in [0.1, 0.15) is 0 Å². The van der Waals surface area contributed by atoms with Gasteiger partial charge in [0.1, 0.15) is 5.75 Å². The molecule has 6 rings (SSSR count). The van der Waals surface area contributed by atoms with Gasteiger partial charge in [-0.15, -0.1) is 0 Å². The Labute approximate surface area is 197 Å². The summed E-state index contributed by atoms with van der Waals surface area (Å²) in [7, 11) is 0.693. The van der Waals surface area contributed by atoms with E-state index in [-0.39, 0.29) is 0 Å². The fraction of sp³-hybridized carbons (Fsp3) is 0. The number of nitrogens with zero attached hydrogens (tertiary/aromatic N) is 3. The van der Waals surface area contributed by atoms with Crippen LogP contribution in [-0.4, -0.2) is 27.2 Å². The first kappa shape index (κ1) is 20.2. The second-order valence-electron chi connectivity index (χ2n) is 7.93. The van der Waals surface area contributed by atoms with Crippen molar-refractivity contribution in [3.05, 3.63) is 109 Å². The molecule has 2 heterocycles. The Kier molecular flexibility index (Phi) is 5.05. The summed E-state index contributed by atoms with van der Waals surface area (Å²) in [5.74, 6) is 1.15. The van der Waals surface area contributed by atoms with Gasteiger partial charge in [-0.05, 0) is 30.3 Å². The minimum absolute atomic E-state index is 0.557. The molecule has 0 spiro atoms. The largest absolute Gasteiger partial charge is 0.569 e. The van der Waals surface area contributed by atoms with Crippen LogP contribution in [-0.2, 0) is 0 Å². The van der Waals surface area contributed by atoms with Gasteiger partial charge in [-0.25, -0.2) is 9.97 Å². The van der Waals surface area contributed by atoms with Crippen molar-refractivity contribution in [3.8, 4) is 34.2 Å². The van der Waals surface area contributed by atoms with E-state index in [4.69, 9.17) is 19.6 Å². The Balaban J connectivity index is 1.66. The molecule has 161 valence electrons. The molecule has 0 saturated heterocycles. The highest BCUT2D eigenvalue weighted by molar-refractivity contribution is 6.17. The predicted octanol–water partition coefficient (Wildman–Crippen LogP) is 5.81. The maximum Gasteiger partial charge on any atom is 0.569 e. The van der Waals surface area contributed by atoms with Gasteiger partial charge in [0.15, 0.2) is 0 Å². The van der Waals surface area contributed by atoms with Crippen LogP contribution < -0.4 is 4.65 Å². The Morgan fingerprint density at radius 1 is 0.618 bits per heavy atom. The summed E-state index contributed by atoms with van der Waals surface area (Å²) >= 11 is 0. The molecule has 34 heavy (non-hydrogen) atoms. The summed E-state index contributed by atoms with van der Waals surface area (Å²) in [6.07, 6.45) is 0. The maximum absolute atomic E-state index is 9.09. The third-order valence-electron chi connectivity index (χ3n) is 5.89. The predicted molar refractivity (Wildman–Crippen MR) is 136 cm³/mol. The van der Waals surface area contributed by atoms with Crippen molar-refractivity contribution in [1.82, 2.24) is 14.5 Å². The highest BCUT2D eigenvalue weighted by Crippen LogP contribution is 2.34. The molecule has 0 aliphatic rings. The molecular weight excluding hydrogens is 421 g/mol. The molecule has 4 aromatic carbocycles. The smallest absolute Gasteiger partial charge is 0.537 e. The van der Waals surface area contributed by atoms with E-state index in [1.54, 1.807) is 0 Å². The zero-order chi connectivity index (χ0) is 22.9. The van der Waals surface area contributed by atoms with Crippen molar-refractivity contribution < 1.29 is 9.68 Å². The van der Waals surface area contributed by atoms with E-state index in [0.29, 0.717) is 19.4 Å². The van der Waals surface area contributed by atoms with Crippen LogP contribution in [0.25, 0.3) is 50.3 Å². The van der Waals surface area contributed by atoms with Gasteiger partial charge in [0.25, 0.3) is 0 Å². The molecule has 2 aromatic heterocycles. The number of benzene rings is 4. The lowest BCUT2D eigenvalue weighted by atomic mass is 10.1. The molecule has 0 unspecified atom stereocenters. The first-order valence-electron chi connectivity index (χ1n) is 11.0. The minimum Gasteiger partial charge on any atom is -0.537 e. The number of fused-ring (bicyclic) bond motifs is 3. The van der Waals surface area contributed by atoms with E-state index in [9.17, 15) is 0 Å². The fourth-order valence-corrected chi connectivity index (χ4v) is 4.35. The van der Waals surface area contributed by atoms with Gasteiger partial charge in [0.05, 0.1) is 22.4 Å². The standard InChI is InChI=1S/C28H19BN3O2/c33-29-34-21-15-16-27-23(17-21)22-13-7-8-14-26(22)32(27)28-30-24(19-9-3-1-4-10-19)18-25(31-28)20-11-5-2-6-12-20/h1-18,33H. The van der Waals surface area contributed by atoms with Gasteiger partial charge in [-0.2, -0.15) is 0 Å².